The van der Waals surface area contributed by atoms with Crippen LogP contribution in [-0.2, 0) is 6.54 Å². The van der Waals surface area contributed by atoms with Crippen molar-refractivity contribution in [3.63, 3.8) is 0 Å². The normalized spacial score (nSPS) is 11.0. The SMILES string of the molecule is CN(C)CCn1cnc(-c2ccc(N)cc2)n1. The molecule has 1 aromatic carbocycles. The fourth-order valence-corrected chi connectivity index (χ4v) is 1.47. The van der Waals surface area contributed by atoms with Crippen molar-refractivity contribution < 1.29 is 0 Å². The second-order valence-corrected chi connectivity index (χ2v) is 4.26. The van der Waals surface area contributed by atoms with Gasteiger partial charge in [-0.2, -0.15) is 5.10 Å². The lowest BCUT2D eigenvalue weighted by atomic mass is 10.2. The van der Waals surface area contributed by atoms with Gasteiger partial charge in [0, 0.05) is 17.8 Å². The van der Waals surface area contributed by atoms with Gasteiger partial charge < -0.3 is 10.6 Å². The van der Waals surface area contributed by atoms with E-state index in [1.165, 1.54) is 0 Å². The van der Waals surface area contributed by atoms with Crippen LogP contribution in [0.2, 0.25) is 0 Å². The number of rotatable bonds is 4. The smallest absolute Gasteiger partial charge is 0.181 e. The van der Waals surface area contributed by atoms with Gasteiger partial charge in [-0.3, -0.25) is 4.68 Å². The first kappa shape index (κ1) is 11.6. The highest BCUT2D eigenvalue weighted by atomic mass is 15.3. The second kappa shape index (κ2) is 4.97. The van der Waals surface area contributed by atoms with Crippen molar-refractivity contribution in [3.05, 3.63) is 30.6 Å². The zero-order valence-electron chi connectivity index (χ0n) is 10.2. The van der Waals surface area contributed by atoms with Gasteiger partial charge >= 0.3 is 0 Å². The summed E-state index contributed by atoms with van der Waals surface area (Å²) in [5.41, 5.74) is 7.38. The third-order valence-corrected chi connectivity index (χ3v) is 2.48. The van der Waals surface area contributed by atoms with Gasteiger partial charge in [-0.1, -0.05) is 0 Å². The molecule has 1 aromatic heterocycles. The molecule has 0 amide bonds. The zero-order valence-corrected chi connectivity index (χ0v) is 10.2. The van der Waals surface area contributed by atoms with Gasteiger partial charge in [0.25, 0.3) is 0 Å². The monoisotopic (exact) mass is 231 g/mol. The van der Waals surface area contributed by atoms with E-state index in [-0.39, 0.29) is 0 Å². The lowest BCUT2D eigenvalue weighted by Gasteiger charge is -2.08. The maximum Gasteiger partial charge on any atom is 0.181 e. The molecule has 2 aromatic rings. The predicted molar refractivity (Wildman–Crippen MR) is 68.4 cm³/mol. The summed E-state index contributed by atoms with van der Waals surface area (Å²) in [7, 11) is 4.08. The van der Waals surface area contributed by atoms with Crippen LogP contribution in [0.15, 0.2) is 30.6 Å². The summed E-state index contributed by atoms with van der Waals surface area (Å²) >= 11 is 0. The maximum atomic E-state index is 5.64. The van der Waals surface area contributed by atoms with Crippen molar-refractivity contribution in [3.8, 4) is 11.4 Å². The number of anilines is 1. The van der Waals surface area contributed by atoms with Gasteiger partial charge in [0.05, 0.1) is 6.54 Å². The number of nitrogen functional groups attached to an aromatic ring is 1. The number of aromatic nitrogens is 3. The summed E-state index contributed by atoms with van der Waals surface area (Å²) in [5.74, 6) is 0.740. The summed E-state index contributed by atoms with van der Waals surface area (Å²) in [4.78, 5) is 6.40. The van der Waals surface area contributed by atoms with Crippen LogP contribution in [0.3, 0.4) is 0 Å². The largest absolute Gasteiger partial charge is 0.399 e. The van der Waals surface area contributed by atoms with E-state index in [9.17, 15) is 0 Å². The van der Waals surface area contributed by atoms with Crippen LogP contribution in [0.1, 0.15) is 0 Å². The Balaban J connectivity index is 2.10. The minimum atomic E-state index is 0.740. The van der Waals surface area contributed by atoms with Gasteiger partial charge in [0.15, 0.2) is 5.82 Å². The molecular weight excluding hydrogens is 214 g/mol. The lowest BCUT2D eigenvalue weighted by molar-refractivity contribution is 0.373. The highest BCUT2D eigenvalue weighted by Crippen LogP contribution is 2.15. The molecule has 0 atom stereocenters. The fourth-order valence-electron chi connectivity index (χ4n) is 1.47. The van der Waals surface area contributed by atoms with Crippen molar-refractivity contribution in [2.45, 2.75) is 6.54 Å². The quantitative estimate of drug-likeness (QED) is 0.800. The molecule has 0 aliphatic carbocycles. The summed E-state index contributed by atoms with van der Waals surface area (Å²) in [5, 5.41) is 4.42. The molecule has 17 heavy (non-hydrogen) atoms. The maximum absolute atomic E-state index is 5.64. The predicted octanol–water partition coefficient (Wildman–Crippen LogP) is 1.09. The third kappa shape index (κ3) is 3.04. The second-order valence-electron chi connectivity index (χ2n) is 4.26. The van der Waals surface area contributed by atoms with Crippen molar-refractivity contribution in [2.24, 2.45) is 0 Å². The minimum Gasteiger partial charge on any atom is -0.399 e. The van der Waals surface area contributed by atoms with Gasteiger partial charge in [-0.25, -0.2) is 4.98 Å². The number of nitrogens with zero attached hydrogens (tertiary/aromatic N) is 4. The highest BCUT2D eigenvalue weighted by Gasteiger charge is 2.03. The molecule has 5 nitrogen and oxygen atoms in total. The molecular formula is C12H17N5. The van der Waals surface area contributed by atoms with Gasteiger partial charge in [0.2, 0.25) is 0 Å². The summed E-state index contributed by atoms with van der Waals surface area (Å²) in [6.45, 7) is 1.79. The Labute approximate surface area is 101 Å². The topological polar surface area (TPSA) is 60.0 Å². The van der Waals surface area contributed by atoms with Crippen LogP contribution in [0.4, 0.5) is 5.69 Å². The van der Waals surface area contributed by atoms with Crippen LogP contribution >= 0.6 is 0 Å². The van der Waals surface area contributed by atoms with E-state index in [2.05, 4.69) is 15.0 Å². The van der Waals surface area contributed by atoms with Crippen molar-refractivity contribution in [1.29, 1.82) is 0 Å². The van der Waals surface area contributed by atoms with Crippen LogP contribution in [0.25, 0.3) is 11.4 Å². The molecule has 0 aliphatic rings. The lowest BCUT2D eigenvalue weighted by Crippen LogP contribution is -2.18. The Bertz CT molecular complexity index is 472. The Kier molecular flexibility index (Phi) is 3.39. The highest BCUT2D eigenvalue weighted by molar-refractivity contribution is 5.57. The Morgan fingerprint density at radius 1 is 1.24 bits per heavy atom. The van der Waals surface area contributed by atoms with Gasteiger partial charge in [-0.05, 0) is 38.4 Å². The van der Waals surface area contributed by atoms with E-state index in [1.807, 2.05) is 43.0 Å². The first-order valence-electron chi connectivity index (χ1n) is 5.55. The zero-order chi connectivity index (χ0) is 12.3. The van der Waals surface area contributed by atoms with Crippen LogP contribution in [0.5, 0.6) is 0 Å². The minimum absolute atomic E-state index is 0.740. The summed E-state index contributed by atoms with van der Waals surface area (Å²) in [6, 6.07) is 7.58. The van der Waals surface area contributed by atoms with Gasteiger partial charge in [-0.15, -0.1) is 0 Å². The Morgan fingerprint density at radius 2 is 1.94 bits per heavy atom. The standard InChI is InChI=1S/C12H17N5/c1-16(2)7-8-17-9-14-12(15-17)10-3-5-11(13)6-4-10/h3-6,9H,7-8,13H2,1-2H3. The van der Waals surface area contributed by atoms with Gasteiger partial charge in [0.1, 0.15) is 6.33 Å². The average Bonchev–Trinajstić information content (AvgIpc) is 2.76. The molecule has 0 saturated carbocycles. The van der Waals surface area contributed by atoms with E-state index < -0.39 is 0 Å². The molecule has 0 radical (unpaired) electrons. The molecule has 5 heteroatoms. The Morgan fingerprint density at radius 3 is 2.59 bits per heavy atom. The molecule has 2 N–H and O–H groups in total. The third-order valence-electron chi connectivity index (χ3n) is 2.48. The number of benzene rings is 1. The first-order valence-corrected chi connectivity index (χ1v) is 5.55. The van der Waals surface area contributed by atoms with E-state index in [4.69, 9.17) is 5.73 Å². The molecule has 0 saturated heterocycles. The molecule has 90 valence electrons. The number of hydrogen-bond acceptors (Lipinski definition) is 4. The number of likely N-dealkylation sites (N-methyl/N-ethyl adjacent to an activating group) is 1. The van der Waals surface area contributed by atoms with Crippen LogP contribution in [-0.4, -0.2) is 40.3 Å². The summed E-state index contributed by atoms with van der Waals surface area (Å²) in [6.07, 6.45) is 1.76. The summed E-state index contributed by atoms with van der Waals surface area (Å²) < 4.78 is 1.85. The molecule has 0 fully saturated rings. The fraction of sp³-hybridized carbons (Fsp3) is 0.333. The number of nitrogens with two attached hydrogens (primary N) is 1. The van der Waals surface area contributed by atoms with E-state index >= 15 is 0 Å². The molecule has 2 rings (SSSR count). The first-order chi connectivity index (χ1) is 8.15. The van der Waals surface area contributed by atoms with Crippen molar-refractivity contribution in [1.82, 2.24) is 19.7 Å². The molecule has 0 unspecified atom stereocenters. The van der Waals surface area contributed by atoms with Crippen molar-refractivity contribution in [2.75, 3.05) is 26.4 Å². The van der Waals surface area contributed by atoms with E-state index in [0.717, 1.165) is 30.2 Å². The van der Waals surface area contributed by atoms with Crippen LogP contribution < -0.4 is 5.73 Å². The van der Waals surface area contributed by atoms with Crippen molar-refractivity contribution >= 4 is 5.69 Å². The average molecular weight is 231 g/mol. The number of hydrogen-bond donors (Lipinski definition) is 1. The van der Waals surface area contributed by atoms with Crippen LogP contribution in [0, 0.1) is 0 Å². The van der Waals surface area contributed by atoms with E-state index in [1.54, 1.807) is 6.33 Å². The molecule has 0 spiro atoms. The molecule has 1 heterocycles. The molecule has 0 bridgehead atoms. The Hall–Kier alpha value is -1.88. The van der Waals surface area contributed by atoms with E-state index in [0.29, 0.717) is 0 Å². The molecule has 0 aliphatic heterocycles.